The van der Waals surface area contributed by atoms with Crippen molar-refractivity contribution in [3.63, 3.8) is 0 Å². The van der Waals surface area contributed by atoms with Crippen LogP contribution in [0.5, 0.6) is 0 Å². The lowest BCUT2D eigenvalue weighted by molar-refractivity contribution is -0.727. The first-order chi connectivity index (χ1) is 36.4. The SMILES string of the molecule is CC(=O)O[C@H]1C(=O)[C@@]2(C)[C@H]([C@H](OC(=O)c3ccccc3)C3(O)C[C@H](OC(=O)[C@H](OC(=O)OC[n+]4cccc(C(=O)N(C)C)c4)[C@@H](NC(=O)c4ccccc4)c4ccccc4)C(C)=C1C3(C)C)[C@]1(OC(C)=O)CO[C@@H]1C[C@@H]2O. The molecule has 20 heteroatoms. The van der Waals surface area contributed by atoms with Crippen molar-refractivity contribution >= 4 is 47.6 Å². The Morgan fingerprint density at radius 1 is 0.818 bits per heavy atom. The number of carbonyl (C=O) groups is 8. The van der Waals surface area contributed by atoms with Crippen molar-refractivity contribution in [3.05, 3.63) is 149 Å². The molecule has 2 saturated carbocycles. The summed E-state index contributed by atoms with van der Waals surface area (Å²) in [5.41, 5.74) is -7.53. The average Bonchev–Trinajstić information content (AvgIpc) is 3.58. The smallest absolute Gasteiger partial charge is 0.455 e. The molecule has 3 fully saturated rings. The molecule has 4 aliphatic rings. The maximum atomic E-state index is 15.8. The standard InChI is InChI=1S/C57H61N3O17/c1-32-39(74-52(68)45(75-53(69)72-31-60-26-18-25-38(29-60)50(66)59(7)8)43(35-19-12-9-13-20-35)58-49(65)36-21-14-10-15-22-36)28-57(70)48(76-51(67)37-23-16-11-17-24-37)46-55(6,40(63)27-41-56(46,30-71-41)77-34(3)62)47(64)44(73-33(2)61)42(32)54(57,4)5/h9-26,29,39-41,43-46,48,63,70H,27-28,30-31H2,1-8H3/p+1/t39-,40-,41+,43-,44+,45+,46-,48-,55+,56-,57?/m0/s1. The number of amides is 2. The number of Topliss-reactive ketones (excluding diaryl/α,β-unsaturated/α-hetero) is 1. The first-order valence-electron chi connectivity index (χ1n) is 25.0. The van der Waals surface area contributed by atoms with E-state index < -0.39 is 125 Å². The topological polar surface area (TPSA) is 261 Å². The minimum Gasteiger partial charge on any atom is -0.455 e. The van der Waals surface area contributed by atoms with Crippen molar-refractivity contribution in [2.24, 2.45) is 16.7 Å². The Morgan fingerprint density at radius 2 is 1.43 bits per heavy atom. The molecule has 1 aliphatic heterocycles. The molecule has 406 valence electrons. The first-order valence-corrected chi connectivity index (χ1v) is 25.0. The molecule has 77 heavy (non-hydrogen) atoms. The Labute approximate surface area is 444 Å². The van der Waals surface area contributed by atoms with Gasteiger partial charge in [-0.25, -0.2) is 14.4 Å². The van der Waals surface area contributed by atoms with Crippen LogP contribution in [0.2, 0.25) is 0 Å². The molecule has 0 spiro atoms. The van der Waals surface area contributed by atoms with Crippen molar-refractivity contribution in [2.45, 2.75) is 115 Å². The van der Waals surface area contributed by atoms with Gasteiger partial charge in [0.2, 0.25) is 6.10 Å². The van der Waals surface area contributed by atoms with Crippen LogP contribution in [0.3, 0.4) is 0 Å². The van der Waals surface area contributed by atoms with Gasteiger partial charge in [-0.2, -0.15) is 4.57 Å². The van der Waals surface area contributed by atoms with E-state index in [-0.39, 0.29) is 52.3 Å². The fourth-order valence-electron chi connectivity index (χ4n) is 11.5. The highest BCUT2D eigenvalue weighted by atomic mass is 16.7. The minimum absolute atomic E-state index is 0.0244. The molecule has 4 aromatic rings. The summed E-state index contributed by atoms with van der Waals surface area (Å²) in [5.74, 6) is -7.63. The summed E-state index contributed by atoms with van der Waals surface area (Å²) in [6.45, 7) is 7.24. The molecule has 0 radical (unpaired) electrons. The predicted octanol–water partition coefficient (Wildman–Crippen LogP) is 4.54. The van der Waals surface area contributed by atoms with Crippen LogP contribution in [0.1, 0.15) is 97.1 Å². The highest BCUT2D eigenvalue weighted by molar-refractivity contribution is 5.97. The molecule has 2 heterocycles. The number of esters is 4. The van der Waals surface area contributed by atoms with Gasteiger partial charge >= 0.3 is 30.0 Å². The number of fused-ring (bicyclic) bond motifs is 5. The maximum absolute atomic E-state index is 15.8. The number of hydrogen-bond acceptors (Lipinski definition) is 17. The summed E-state index contributed by atoms with van der Waals surface area (Å²) in [6, 6.07) is 25.4. The summed E-state index contributed by atoms with van der Waals surface area (Å²) in [4.78, 5) is 114. The van der Waals surface area contributed by atoms with Gasteiger partial charge in [-0.15, -0.1) is 0 Å². The number of nitrogens with one attached hydrogen (secondary N) is 1. The third kappa shape index (κ3) is 10.3. The highest BCUT2D eigenvalue weighted by Gasteiger charge is 2.78. The molecule has 3 aliphatic carbocycles. The van der Waals surface area contributed by atoms with Crippen LogP contribution in [0.25, 0.3) is 0 Å². The number of carbonyl (C=O) groups excluding carboxylic acids is 8. The number of ether oxygens (including phenoxy) is 7. The van der Waals surface area contributed by atoms with Gasteiger partial charge in [0.15, 0.2) is 29.9 Å². The number of aliphatic hydroxyl groups excluding tert-OH is 1. The van der Waals surface area contributed by atoms with Crippen molar-refractivity contribution in [1.29, 1.82) is 0 Å². The lowest BCUT2D eigenvalue weighted by Crippen LogP contribution is -2.82. The van der Waals surface area contributed by atoms with Gasteiger partial charge in [-0.1, -0.05) is 80.6 Å². The van der Waals surface area contributed by atoms with E-state index in [4.69, 9.17) is 33.2 Å². The largest absolute Gasteiger partial charge is 0.514 e. The fraction of sp³-hybridized carbons (Fsp3) is 0.421. The Kier molecular flexibility index (Phi) is 15.6. The summed E-state index contributed by atoms with van der Waals surface area (Å²) < 4.78 is 43.6. The first kappa shape index (κ1) is 55.4. The number of nitrogens with zero attached hydrogens (tertiary/aromatic N) is 2. The molecule has 2 bridgehead atoms. The molecule has 3 N–H and O–H groups in total. The van der Waals surface area contributed by atoms with E-state index in [1.807, 2.05) is 0 Å². The van der Waals surface area contributed by atoms with Crippen molar-refractivity contribution in [2.75, 3.05) is 20.7 Å². The monoisotopic (exact) mass is 1060 g/mol. The number of hydrogen-bond donors (Lipinski definition) is 3. The highest BCUT2D eigenvalue weighted by Crippen LogP contribution is 2.64. The van der Waals surface area contributed by atoms with Crippen LogP contribution < -0.4 is 9.88 Å². The van der Waals surface area contributed by atoms with E-state index >= 15 is 9.59 Å². The van der Waals surface area contributed by atoms with Gasteiger partial charge in [-0.05, 0) is 60.9 Å². The second-order valence-corrected chi connectivity index (χ2v) is 20.8. The Morgan fingerprint density at radius 3 is 2.01 bits per heavy atom. The molecular weight excluding hydrogens is 999 g/mol. The van der Waals surface area contributed by atoms with E-state index in [1.165, 1.54) is 73.8 Å². The summed E-state index contributed by atoms with van der Waals surface area (Å²) >= 11 is 0. The number of rotatable bonds is 14. The molecule has 1 saturated heterocycles. The van der Waals surface area contributed by atoms with Crippen LogP contribution in [0.4, 0.5) is 4.79 Å². The van der Waals surface area contributed by atoms with E-state index in [2.05, 4.69) is 5.32 Å². The quantitative estimate of drug-likeness (QED) is 0.0677. The van der Waals surface area contributed by atoms with Gasteiger partial charge in [-0.3, -0.25) is 24.0 Å². The Hall–Kier alpha value is -7.81. The number of pyridine rings is 1. The maximum Gasteiger partial charge on any atom is 0.514 e. The molecule has 20 nitrogen and oxygen atoms in total. The third-order valence-electron chi connectivity index (χ3n) is 15.5. The summed E-state index contributed by atoms with van der Waals surface area (Å²) in [5, 5.41) is 29.1. The van der Waals surface area contributed by atoms with Gasteiger partial charge in [0.05, 0.1) is 29.6 Å². The van der Waals surface area contributed by atoms with Crippen molar-refractivity contribution in [3.8, 4) is 0 Å². The van der Waals surface area contributed by atoms with Crippen LogP contribution in [-0.4, -0.2) is 131 Å². The second-order valence-electron chi connectivity index (χ2n) is 20.8. The zero-order valence-electron chi connectivity index (χ0n) is 43.8. The predicted molar refractivity (Wildman–Crippen MR) is 268 cm³/mol. The molecule has 1 aromatic heterocycles. The Bertz CT molecular complexity index is 2990. The summed E-state index contributed by atoms with van der Waals surface area (Å²) in [7, 11) is 3.14. The number of aromatic nitrogens is 1. The molecule has 8 rings (SSSR count). The Balaban J connectivity index is 1.27. The molecular formula is C57H62N3O17+. The second kappa shape index (κ2) is 21.7. The molecule has 2 amide bonds. The zero-order chi connectivity index (χ0) is 55.8. The van der Waals surface area contributed by atoms with Crippen molar-refractivity contribution in [1.82, 2.24) is 10.2 Å². The lowest BCUT2D eigenvalue weighted by atomic mass is 9.44. The third-order valence-corrected chi connectivity index (χ3v) is 15.5. The molecule has 1 unspecified atom stereocenters. The normalized spacial score (nSPS) is 27.7. The van der Waals surface area contributed by atoms with Crippen molar-refractivity contribution < 1.29 is 86.3 Å². The number of ketones is 1. The van der Waals surface area contributed by atoms with E-state index in [0.29, 0.717) is 0 Å². The van der Waals surface area contributed by atoms with E-state index in [1.54, 1.807) is 93.0 Å². The molecule has 11 atom stereocenters. The summed E-state index contributed by atoms with van der Waals surface area (Å²) in [6.07, 6.45) is -9.66. The number of aliphatic hydroxyl groups is 2. The van der Waals surface area contributed by atoms with Gasteiger partial charge in [0.25, 0.3) is 18.5 Å². The van der Waals surface area contributed by atoms with E-state index in [0.717, 1.165) is 13.8 Å². The minimum atomic E-state index is -2.51. The fourth-order valence-corrected chi connectivity index (χ4v) is 11.5. The van der Waals surface area contributed by atoms with Gasteiger partial charge in [0, 0.05) is 57.8 Å². The van der Waals surface area contributed by atoms with Gasteiger partial charge < -0.3 is 53.6 Å². The molecule has 3 aromatic carbocycles. The van der Waals surface area contributed by atoms with E-state index in [9.17, 15) is 39.0 Å². The average molecular weight is 1060 g/mol. The van der Waals surface area contributed by atoms with Crippen LogP contribution in [-0.2, 0) is 59.1 Å². The zero-order valence-corrected chi connectivity index (χ0v) is 43.8. The van der Waals surface area contributed by atoms with Gasteiger partial charge in [0.1, 0.15) is 35.5 Å². The number of benzene rings is 3. The van der Waals surface area contributed by atoms with Crippen LogP contribution >= 0.6 is 0 Å². The van der Waals surface area contributed by atoms with Crippen LogP contribution in [0, 0.1) is 16.7 Å². The lowest BCUT2D eigenvalue weighted by Gasteiger charge is -2.67. The van der Waals surface area contributed by atoms with Crippen LogP contribution in [0.15, 0.2) is 127 Å².